The van der Waals surface area contributed by atoms with E-state index in [-0.39, 0.29) is 12.0 Å². The Morgan fingerprint density at radius 1 is 1.07 bits per heavy atom. The van der Waals surface area contributed by atoms with Gasteiger partial charge in [-0.2, -0.15) is 0 Å². The molecule has 0 N–H and O–H groups in total. The second-order valence-electron chi connectivity index (χ2n) is 8.36. The number of carbonyl (C=O) groups excluding carboxylic acids is 1. The number of piperazine rings is 1. The lowest BCUT2D eigenvalue weighted by molar-refractivity contribution is -0.139. The molecule has 0 atom stereocenters. The third kappa shape index (κ3) is 4.95. The zero-order valence-electron chi connectivity index (χ0n) is 17.3. The molecule has 0 unspecified atom stereocenters. The highest BCUT2D eigenvalue weighted by atomic mass is 32.1. The SMILES string of the molecule is CC(C)N1CCN(C(=O)[C@H]2CC[C@H](Oc3ccc(-c4csnn4)cc3)CC2)CC1. The fourth-order valence-corrected chi connectivity index (χ4v) is 4.80. The van der Waals surface area contributed by atoms with E-state index in [0.29, 0.717) is 11.9 Å². The maximum atomic E-state index is 12.9. The summed E-state index contributed by atoms with van der Waals surface area (Å²) in [6.45, 7) is 8.18. The van der Waals surface area contributed by atoms with Crippen LogP contribution in [0.5, 0.6) is 5.75 Å². The summed E-state index contributed by atoms with van der Waals surface area (Å²) in [6.07, 6.45) is 3.94. The average Bonchev–Trinajstić information content (AvgIpc) is 3.29. The molecule has 1 aliphatic carbocycles. The predicted molar refractivity (Wildman–Crippen MR) is 115 cm³/mol. The smallest absolute Gasteiger partial charge is 0.225 e. The Kier molecular flexibility index (Phi) is 6.45. The van der Waals surface area contributed by atoms with Gasteiger partial charge in [0.05, 0.1) is 6.10 Å². The zero-order chi connectivity index (χ0) is 20.2. The number of rotatable bonds is 5. The van der Waals surface area contributed by atoms with Crippen molar-refractivity contribution in [1.29, 1.82) is 0 Å². The van der Waals surface area contributed by atoms with Crippen LogP contribution in [0.1, 0.15) is 39.5 Å². The molecule has 29 heavy (non-hydrogen) atoms. The number of hydrogen-bond donors (Lipinski definition) is 0. The van der Waals surface area contributed by atoms with Crippen molar-refractivity contribution < 1.29 is 9.53 Å². The molecule has 2 heterocycles. The molecule has 2 fully saturated rings. The summed E-state index contributed by atoms with van der Waals surface area (Å²) in [6, 6.07) is 8.61. The van der Waals surface area contributed by atoms with Gasteiger partial charge in [0, 0.05) is 49.1 Å². The van der Waals surface area contributed by atoms with Gasteiger partial charge < -0.3 is 9.64 Å². The van der Waals surface area contributed by atoms with Crippen LogP contribution >= 0.6 is 11.5 Å². The number of benzene rings is 1. The lowest BCUT2D eigenvalue weighted by atomic mass is 9.86. The van der Waals surface area contributed by atoms with Crippen molar-refractivity contribution in [1.82, 2.24) is 19.4 Å². The van der Waals surface area contributed by atoms with E-state index < -0.39 is 0 Å². The fraction of sp³-hybridized carbons (Fsp3) is 0.591. The van der Waals surface area contributed by atoms with Gasteiger partial charge in [-0.15, -0.1) is 5.10 Å². The topological polar surface area (TPSA) is 58.6 Å². The van der Waals surface area contributed by atoms with Crippen LogP contribution in [0.2, 0.25) is 0 Å². The minimum atomic E-state index is 0.167. The van der Waals surface area contributed by atoms with Crippen molar-refractivity contribution in [2.45, 2.75) is 51.7 Å². The van der Waals surface area contributed by atoms with Crippen LogP contribution in [0.3, 0.4) is 0 Å². The van der Waals surface area contributed by atoms with Crippen LogP contribution in [-0.2, 0) is 4.79 Å². The summed E-state index contributed by atoms with van der Waals surface area (Å²) in [7, 11) is 0. The van der Waals surface area contributed by atoms with E-state index in [1.165, 1.54) is 11.5 Å². The van der Waals surface area contributed by atoms with Gasteiger partial charge in [0.1, 0.15) is 11.4 Å². The molecule has 1 aliphatic heterocycles. The van der Waals surface area contributed by atoms with E-state index >= 15 is 0 Å². The van der Waals surface area contributed by atoms with Crippen LogP contribution in [0.25, 0.3) is 11.3 Å². The Bertz CT molecular complexity index is 778. The summed E-state index contributed by atoms with van der Waals surface area (Å²) in [5.41, 5.74) is 1.95. The van der Waals surface area contributed by atoms with Gasteiger partial charge >= 0.3 is 0 Å². The molecule has 1 saturated carbocycles. The van der Waals surface area contributed by atoms with Crippen molar-refractivity contribution in [3.63, 3.8) is 0 Å². The largest absolute Gasteiger partial charge is 0.490 e. The van der Waals surface area contributed by atoms with Crippen molar-refractivity contribution in [2.75, 3.05) is 26.2 Å². The molecule has 1 aromatic carbocycles. The number of amides is 1. The highest BCUT2D eigenvalue weighted by Gasteiger charge is 2.32. The molecule has 0 radical (unpaired) electrons. The molecule has 2 aliphatic rings. The Morgan fingerprint density at radius 3 is 2.34 bits per heavy atom. The molecule has 0 spiro atoms. The third-order valence-electron chi connectivity index (χ3n) is 6.19. The predicted octanol–water partition coefficient (Wildman–Crippen LogP) is 3.70. The van der Waals surface area contributed by atoms with Gasteiger partial charge in [-0.3, -0.25) is 9.69 Å². The van der Waals surface area contributed by atoms with Crippen molar-refractivity contribution in [3.8, 4) is 17.0 Å². The summed E-state index contributed by atoms with van der Waals surface area (Å²) in [5.74, 6) is 1.41. The third-order valence-corrected chi connectivity index (χ3v) is 6.70. The normalized spacial score (nSPS) is 23.3. The van der Waals surface area contributed by atoms with E-state index in [4.69, 9.17) is 4.74 Å². The summed E-state index contributed by atoms with van der Waals surface area (Å²) >= 11 is 1.36. The van der Waals surface area contributed by atoms with Crippen LogP contribution in [0, 0.1) is 5.92 Å². The van der Waals surface area contributed by atoms with Gasteiger partial charge in [-0.05, 0) is 75.3 Å². The average molecular weight is 415 g/mol. The van der Waals surface area contributed by atoms with Crippen LogP contribution < -0.4 is 4.74 Å². The van der Waals surface area contributed by atoms with Gasteiger partial charge in [0.2, 0.25) is 5.91 Å². The van der Waals surface area contributed by atoms with Crippen LogP contribution in [0.4, 0.5) is 0 Å². The highest BCUT2D eigenvalue weighted by Crippen LogP contribution is 2.30. The fourth-order valence-electron chi connectivity index (χ4n) is 4.33. The first-order valence-electron chi connectivity index (χ1n) is 10.7. The second kappa shape index (κ2) is 9.22. The number of ether oxygens (including phenoxy) is 1. The molecular weight excluding hydrogens is 384 g/mol. The first-order valence-corrected chi connectivity index (χ1v) is 11.5. The summed E-state index contributed by atoms with van der Waals surface area (Å²) < 4.78 is 10.1. The second-order valence-corrected chi connectivity index (χ2v) is 8.97. The van der Waals surface area contributed by atoms with Crippen molar-refractivity contribution >= 4 is 17.4 Å². The minimum Gasteiger partial charge on any atom is -0.490 e. The van der Waals surface area contributed by atoms with E-state index in [1.54, 1.807) is 0 Å². The van der Waals surface area contributed by atoms with Crippen LogP contribution in [-0.4, -0.2) is 63.6 Å². The standard InChI is InChI=1S/C22H30N4O2S/c1-16(2)25-11-13-26(14-12-25)22(27)18-5-9-20(10-6-18)28-19-7-3-17(4-8-19)21-15-29-24-23-21/h3-4,7-8,15-16,18,20H,5-6,9-14H2,1-2H3/t18-,20-. The van der Waals surface area contributed by atoms with Gasteiger partial charge in [0.25, 0.3) is 0 Å². The Balaban J connectivity index is 1.24. The molecule has 1 aromatic heterocycles. The number of carbonyl (C=O) groups is 1. The van der Waals surface area contributed by atoms with Crippen LogP contribution in [0.15, 0.2) is 29.6 Å². The molecule has 1 amide bonds. The van der Waals surface area contributed by atoms with Crippen molar-refractivity contribution in [3.05, 3.63) is 29.6 Å². The molecule has 156 valence electrons. The highest BCUT2D eigenvalue weighted by molar-refractivity contribution is 7.03. The molecule has 6 nitrogen and oxygen atoms in total. The maximum Gasteiger partial charge on any atom is 0.225 e. The molecule has 1 saturated heterocycles. The van der Waals surface area contributed by atoms with Crippen molar-refractivity contribution in [2.24, 2.45) is 5.92 Å². The van der Waals surface area contributed by atoms with E-state index in [2.05, 4.69) is 33.2 Å². The number of aromatic nitrogens is 2. The number of nitrogens with zero attached hydrogens (tertiary/aromatic N) is 4. The molecular formula is C22H30N4O2S. The van der Waals surface area contributed by atoms with Gasteiger partial charge in [0.15, 0.2) is 0 Å². The monoisotopic (exact) mass is 414 g/mol. The Labute approximate surface area is 177 Å². The quantitative estimate of drug-likeness (QED) is 0.747. The van der Waals surface area contributed by atoms with E-state index in [0.717, 1.165) is 68.9 Å². The van der Waals surface area contributed by atoms with E-state index in [9.17, 15) is 4.79 Å². The maximum absolute atomic E-state index is 12.9. The molecule has 4 rings (SSSR count). The number of hydrogen-bond acceptors (Lipinski definition) is 6. The summed E-state index contributed by atoms with van der Waals surface area (Å²) in [5, 5.41) is 6.04. The van der Waals surface area contributed by atoms with Gasteiger partial charge in [-0.25, -0.2) is 0 Å². The Morgan fingerprint density at radius 2 is 1.76 bits per heavy atom. The summed E-state index contributed by atoms with van der Waals surface area (Å²) in [4.78, 5) is 17.4. The van der Waals surface area contributed by atoms with Gasteiger partial charge in [-0.1, -0.05) is 4.49 Å². The lowest BCUT2D eigenvalue weighted by Crippen LogP contribution is -2.52. The Hall–Kier alpha value is -1.99. The molecule has 2 aromatic rings. The van der Waals surface area contributed by atoms with E-state index in [1.807, 2.05) is 29.6 Å². The zero-order valence-corrected chi connectivity index (χ0v) is 18.1. The molecule has 0 bridgehead atoms. The first-order chi connectivity index (χ1) is 14.1. The minimum absolute atomic E-state index is 0.167. The molecule has 7 heteroatoms. The first kappa shape index (κ1) is 20.3. The lowest BCUT2D eigenvalue weighted by Gasteiger charge is -2.39.